The maximum absolute atomic E-state index is 13.8. The Kier molecular flexibility index (Phi) is 5.71. The molecule has 1 N–H and O–H groups in total. The van der Waals surface area contributed by atoms with E-state index in [2.05, 4.69) is 29.9 Å². The highest BCUT2D eigenvalue weighted by molar-refractivity contribution is 6.30. The van der Waals surface area contributed by atoms with E-state index in [9.17, 15) is 4.39 Å². The highest BCUT2D eigenvalue weighted by Gasteiger charge is 2.47. The number of aromatic nitrogens is 1. The van der Waals surface area contributed by atoms with Gasteiger partial charge in [0.15, 0.2) is 0 Å². The van der Waals surface area contributed by atoms with Gasteiger partial charge >= 0.3 is 0 Å². The Labute approximate surface area is 194 Å². The molecule has 2 fully saturated rings. The van der Waals surface area contributed by atoms with E-state index in [1.165, 1.54) is 50.2 Å². The van der Waals surface area contributed by atoms with Crippen LogP contribution < -0.4 is 5.32 Å². The van der Waals surface area contributed by atoms with Gasteiger partial charge in [-0.2, -0.15) is 0 Å². The van der Waals surface area contributed by atoms with Crippen molar-refractivity contribution in [1.82, 2.24) is 4.98 Å². The molecule has 0 amide bonds. The second kappa shape index (κ2) is 8.51. The molecule has 0 bridgehead atoms. The van der Waals surface area contributed by atoms with Gasteiger partial charge in [-0.05, 0) is 116 Å². The van der Waals surface area contributed by atoms with E-state index >= 15 is 0 Å². The Bertz CT molecular complexity index is 1120. The highest BCUT2D eigenvalue weighted by atomic mass is 35.5. The van der Waals surface area contributed by atoms with Crippen LogP contribution in [0.3, 0.4) is 0 Å². The van der Waals surface area contributed by atoms with Crippen LogP contribution in [0.4, 0.5) is 10.1 Å². The van der Waals surface area contributed by atoms with Crippen LogP contribution >= 0.6 is 11.6 Å². The Hall–Kier alpha value is -2.39. The van der Waals surface area contributed by atoms with Crippen LogP contribution in [0.1, 0.15) is 56.9 Å². The van der Waals surface area contributed by atoms with Crippen LogP contribution in [-0.2, 0) is 0 Å². The van der Waals surface area contributed by atoms with Gasteiger partial charge in [-0.3, -0.25) is 4.98 Å². The molecule has 2 aromatic carbocycles. The molecule has 2 nitrogen and oxygen atoms in total. The third kappa shape index (κ3) is 4.15. The van der Waals surface area contributed by atoms with Crippen molar-refractivity contribution in [1.29, 1.82) is 0 Å². The normalized spacial score (nSPS) is 26.0. The maximum atomic E-state index is 13.8. The molecule has 32 heavy (non-hydrogen) atoms. The third-order valence-electron chi connectivity index (χ3n) is 8.03. The number of nitrogens with one attached hydrogen (secondary N) is 1. The molecular weight excluding hydrogens is 419 g/mol. The number of hydrogen-bond donors (Lipinski definition) is 1. The SMILES string of the molecule is C=C(Nc1ccc(Cl)cc1)C(C)C1CCC2(CC1)CC(c1ccnc3ccc(F)cc13)C2. The molecule has 2 aliphatic carbocycles. The number of allylic oxidation sites excluding steroid dienone is 1. The summed E-state index contributed by atoms with van der Waals surface area (Å²) in [7, 11) is 0. The summed E-state index contributed by atoms with van der Waals surface area (Å²) >= 11 is 5.99. The Morgan fingerprint density at radius 2 is 1.84 bits per heavy atom. The Balaban J connectivity index is 1.18. The summed E-state index contributed by atoms with van der Waals surface area (Å²) in [6.45, 7) is 6.63. The van der Waals surface area contributed by atoms with Crippen molar-refractivity contribution in [2.75, 3.05) is 5.32 Å². The quantitative estimate of drug-likeness (QED) is 0.424. The fourth-order valence-corrected chi connectivity index (χ4v) is 6.10. The minimum absolute atomic E-state index is 0.178. The average Bonchev–Trinajstić information content (AvgIpc) is 2.78. The first-order valence-electron chi connectivity index (χ1n) is 11.7. The van der Waals surface area contributed by atoms with E-state index in [0.29, 0.717) is 23.2 Å². The van der Waals surface area contributed by atoms with Gasteiger partial charge < -0.3 is 5.32 Å². The lowest BCUT2D eigenvalue weighted by molar-refractivity contribution is 0.0268. The largest absolute Gasteiger partial charge is 0.359 e. The molecular formula is C28H30ClFN2. The molecule has 0 saturated heterocycles. The molecule has 0 radical (unpaired) electrons. The van der Waals surface area contributed by atoms with Crippen molar-refractivity contribution in [2.45, 2.75) is 51.4 Å². The molecule has 1 heterocycles. The highest BCUT2D eigenvalue weighted by Crippen LogP contribution is 2.60. The van der Waals surface area contributed by atoms with Gasteiger partial charge in [0.25, 0.3) is 0 Å². The molecule has 2 aliphatic rings. The fourth-order valence-electron chi connectivity index (χ4n) is 5.98. The summed E-state index contributed by atoms with van der Waals surface area (Å²) in [5, 5.41) is 5.21. The topological polar surface area (TPSA) is 24.9 Å². The van der Waals surface area contributed by atoms with E-state index < -0.39 is 0 Å². The minimum Gasteiger partial charge on any atom is -0.359 e. The van der Waals surface area contributed by atoms with Crippen LogP contribution in [0.2, 0.25) is 5.02 Å². The minimum atomic E-state index is -0.178. The fraction of sp³-hybridized carbons (Fsp3) is 0.393. The van der Waals surface area contributed by atoms with Crippen molar-refractivity contribution in [2.24, 2.45) is 17.3 Å². The lowest BCUT2D eigenvalue weighted by Gasteiger charge is -2.53. The Morgan fingerprint density at radius 3 is 2.56 bits per heavy atom. The summed E-state index contributed by atoms with van der Waals surface area (Å²) in [6.07, 6.45) is 9.37. The number of rotatable bonds is 5. The number of nitrogens with zero attached hydrogens (tertiary/aromatic N) is 1. The van der Waals surface area contributed by atoms with E-state index in [1.54, 1.807) is 12.1 Å². The molecule has 5 rings (SSSR count). The number of anilines is 1. The number of benzene rings is 2. The van der Waals surface area contributed by atoms with E-state index in [0.717, 1.165) is 27.3 Å². The first-order valence-corrected chi connectivity index (χ1v) is 12.1. The zero-order valence-electron chi connectivity index (χ0n) is 18.6. The van der Waals surface area contributed by atoms with Crippen LogP contribution in [-0.4, -0.2) is 4.98 Å². The van der Waals surface area contributed by atoms with Gasteiger partial charge in [-0.1, -0.05) is 25.1 Å². The van der Waals surface area contributed by atoms with Gasteiger partial charge in [-0.15, -0.1) is 0 Å². The third-order valence-corrected chi connectivity index (χ3v) is 8.28. The van der Waals surface area contributed by atoms with E-state index in [1.807, 2.05) is 30.5 Å². The summed E-state index contributed by atoms with van der Waals surface area (Å²) in [4.78, 5) is 4.42. The number of fused-ring (bicyclic) bond motifs is 1. The smallest absolute Gasteiger partial charge is 0.123 e. The molecule has 1 unspecified atom stereocenters. The predicted octanol–water partition coefficient (Wildman–Crippen LogP) is 8.34. The van der Waals surface area contributed by atoms with E-state index in [-0.39, 0.29) is 5.82 Å². The van der Waals surface area contributed by atoms with Crippen molar-refractivity contribution >= 4 is 28.2 Å². The zero-order valence-corrected chi connectivity index (χ0v) is 19.3. The first kappa shape index (κ1) is 21.5. The van der Waals surface area contributed by atoms with Crippen LogP contribution in [0.5, 0.6) is 0 Å². The van der Waals surface area contributed by atoms with E-state index in [4.69, 9.17) is 11.6 Å². The van der Waals surface area contributed by atoms with Crippen LogP contribution in [0.15, 0.2) is 67.0 Å². The molecule has 0 aliphatic heterocycles. The molecule has 4 heteroatoms. The number of halogens is 2. The summed E-state index contributed by atoms with van der Waals surface area (Å²) in [5.41, 5.74) is 4.77. The molecule has 1 atom stereocenters. The molecule has 3 aromatic rings. The average molecular weight is 449 g/mol. The molecule has 2 saturated carbocycles. The van der Waals surface area contributed by atoms with Crippen molar-refractivity contribution in [3.63, 3.8) is 0 Å². The summed E-state index contributed by atoms with van der Waals surface area (Å²) < 4.78 is 13.8. The predicted molar refractivity (Wildman–Crippen MR) is 131 cm³/mol. The number of hydrogen-bond acceptors (Lipinski definition) is 2. The van der Waals surface area contributed by atoms with Gasteiger partial charge in [0.05, 0.1) is 5.52 Å². The Morgan fingerprint density at radius 1 is 1.12 bits per heavy atom. The lowest BCUT2D eigenvalue weighted by atomic mass is 9.52. The molecule has 1 spiro atoms. The summed E-state index contributed by atoms with van der Waals surface area (Å²) in [6, 6.07) is 14.8. The van der Waals surface area contributed by atoms with Crippen molar-refractivity contribution in [3.8, 4) is 0 Å². The lowest BCUT2D eigenvalue weighted by Crippen LogP contribution is -2.40. The second-order valence-corrected chi connectivity index (χ2v) is 10.4. The standard InChI is InChI=1S/C28H30ClFN2/c1-18(19(2)32-24-6-3-22(29)4-7-24)20-9-12-28(13-10-20)16-21(17-28)25-11-14-31-27-8-5-23(30)15-26(25)27/h3-8,11,14-15,18,20-21,32H,2,9-10,12-13,16-17H2,1H3. The number of pyridine rings is 1. The van der Waals surface area contributed by atoms with Crippen molar-refractivity contribution < 1.29 is 4.39 Å². The monoisotopic (exact) mass is 448 g/mol. The summed E-state index contributed by atoms with van der Waals surface area (Å²) in [5.74, 6) is 1.45. The van der Waals surface area contributed by atoms with Crippen LogP contribution in [0.25, 0.3) is 10.9 Å². The van der Waals surface area contributed by atoms with Crippen LogP contribution in [0, 0.1) is 23.1 Å². The van der Waals surface area contributed by atoms with Gasteiger partial charge in [-0.25, -0.2) is 4.39 Å². The van der Waals surface area contributed by atoms with Crippen molar-refractivity contribution in [3.05, 3.63) is 83.4 Å². The molecule has 1 aromatic heterocycles. The zero-order chi connectivity index (χ0) is 22.3. The van der Waals surface area contributed by atoms with Gasteiger partial charge in [0.2, 0.25) is 0 Å². The molecule has 166 valence electrons. The van der Waals surface area contributed by atoms with Gasteiger partial charge in [0.1, 0.15) is 5.82 Å². The first-order chi connectivity index (χ1) is 15.4. The van der Waals surface area contributed by atoms with Gasteiger partial charge in [0, 0.05) is 28.0 Å². The maximum Gasteiger partial charge on any atom is 0.123 e. The second-order valence-electron chi connectivity index (χ2n) is 9.95.